The first-order chi connectivity index (χ1) is 46.5. The van der Waals surface area contributed by atoms with Gasteiger partial charge in [0.2, 0.25) is 65.0 Å². The van der Waals surface area contributed by atoms with E-state index in [1.165, 1.54) is 71.7 Å². The number of benzene rings is 1. The fraction of sp³-hybridized carbons (Fsp3) is 0.746. The Morgan fingerprint density at radius 2 is 1.27 bits per heavy atom. The van der Waals surface area contributed by atoms with Crippen molar-refractivity contribution in [2.24, 2.45) is 23.7 Å². The first kappa shape index (κ1) is 82.4. The first-order valence-corrected chi connectivity index (χ1v) is 35.6. The van der Waals surface area contributed by atoms with E-state index in [1.807, 2.05) is 34.6 Å². The second kappa shape index (κ2) is 38.0. The van der Waals surface area contributed by atoms with Crippen molar-refractivity contribution in [1.82, 2.24) is 60.0 Å². The minimum absolute atomic E-state index is 0.0109. The number of likely N-dealkylation sites (tertiary alicyclic amines) is 1. The molecule has 1 aromatic rings. The average Bonchev–Trinajstić information content (AvgIpc) is 1.17. The SMILES string of the molecule is CC[C@H](C)[C@@H]1NC(=O)[C@H](CC(C)C)N(C)C(=O)C[C@@H](C(=O)N2CCCCC2)N(C)C(=O)[C@H](CC(C)C)N(C)C(=O)CCCCNC(=O)[C@@H]2CCCN2C(=O)[C@H](CCc2ccc(C(F)(F)F)c(F)c2)NC(=O)CN(C)C[C@](C=O)(CC2CCCCC2)N(C)C(=O)CN(C)C(=O)CN(C)C1=O. The average molecular weight is 1400 g/mol. The summed E-state index contributed by atoms with van der Waals surface area (Å²) in [7, 11) is 10.1. The quantitative estimate of drug-likeness (QED) is 0.168. The molecule has 0 unspecified atom stereocenters. The highest BCUT2D eigenvalue weighted by atomic mass is 19.4. The largest absolute Gasteiger partial charge is 0.419 e. The van der Waals surface area contributed by atoms with E-state index in [0.717, 1.165) is 54.4 Å². The summed E-state index contributed by atoms with van der Waals surface area (Å²) in [4.78, 5) is 185. The number of carbonyl (C=O) groups excluding carboxylic acids is 12. The monoisotopic (exact) mass is 1400 g/mol. The summed E-state index contributed by atoms with van der Waals surface area (Å²) in [5, 5.41) is 8.51. The van der Waals surface area contributed by atoms with Crippen LogP contribution in [-0.2, 0) is 70.1 Å². The minimum atomic E-state index is -4.97. The van der Waals surface area contributed by atoms with E-state index in [1.54, 1.807) is 18.9 Å². The van der Waals surface area contributed by atoms with Gasteiger partial charge >= 0.3 is 6.18 Å². The predicted octanol–water partition coefficient (Wildman–Crippen LogP) is 5.27. The lowest BCUT2D eigenvalue weighted by atomic mass is 9.78. The number of halogens is 4. The zero-order valence-electron chi connectivity index (χ0n) is 60.8. The molecule has 3 saturated heterocycles. The topological polar surface area (TPSA) is 270 Å². The van der Waals surface area contributed by atoms with E-state index in [4.69, 9.17) is 0 Å². The molecular formula is C71H112F4N12O12. The maximum Gasteiger partial charge on any atom is 0.419 e. The molecule has 3 N–H and O–H groups in total. The summed E-state index contributed by atoms with van der Waals surface area (Å²) < 4.78 is 55.7. The van der Waals surface area contributed by atoms with E-state index >= 15 is 0 Å². The third-order valence-corrected chi connectivity index (χ3v) is 20.4. The molecule has 4 fully saturated rings. The van der Waals surface area contributed by atoms with Gasteiger partial charge in [-0.15, -0.1) is 0 Å². The Morgan fingerprint density at radius 3 is 1.88 bits per heavy atom. The van der Waals surface area contributed by atoms with Crippen molar-refractivity contribution in [2.75, 3.05) is 102 Å². The van der Waals surface area contributed by atoms with Gasteiger partial charge in [-0.25, -0.2) is 4.39 Å². The maximum atomic E-state index is 15.0. The highest BCUT2D eigenvalue weighted by Gasteiger charge is 2.45. The molecule has 4 aliphatic rings. The third-order valence-electron chi connectivity index (χ3n) is 20.4. The number of piperidine rings is 1. The van der Waals surface area contributed by atoms with Crippen LogP contribution in [0.25, 0.3) is 0 Å². The number of nitrogens with zero attached hydrogens (tertiary/aromatic N) is 9. The number of nitrogens with one attached hydrogen (secondary N) is 3. The summed E-state index contributed by atoms with van der Waals surface area (Å²) in [5.41, 5.74) is -2.96. The molecule has 3 aliphatic heterocycles. The van der Waals surface area contributed by atoms with Crippen molar-refractivity contribution in [1.29, 1.82) is 0 Å². The van der Waals surface area contributed by atoms with Gasteiger partial charge in [0.1, 0.15) is 53.9 Å². The minimum Gasteiger partial charge on any atom is -0.354 e. The lowest BCUT2D eigenvalue weighted by Crippen LogP contribution is -2.61. The fourth-order valence-electron chi connectivity index (χ4n) is 14.0. The van der Waals surface area contributed by atoms with E-state index in [0.29, 0.717) is 63.6 Å². The zero-order chi connectivity index (χ0) is 73.8. The van der Waals surface area contributed by atoms with Crippen molar-refractivity contribution in [3.8, 4) is 0 Å². The molecule has 1 aliphatic carbocycles. The van der Waals surface area contributed by atoms with Crippen LogP contribution < -0.4 is 16.0 Å². The van der Waals surface area contributed by atoms with Crippen LogP contribution in [0.5, 0.6) is 0 Å². The molecule has 556 valence electrons. The van der Waals surface area contributed by atoms with Crippen LogP contribution in [0.3, 0.4) is 0 Å². The molecule has 99 heavy (non-hydrogen) atoms. The van der Waals surface area contributed by atoms with Crippen LogP contribution in [0.1, 0.15) is 175 Å². The van der Waals surface area contributed by atoms with Crippen LogP contribution in [0.2, 0.25) is 0 Å². The van der Waals surface area contributed by atoms with Gasteiger partial charge in [0.15, 0.2) is 0 Å². The Labute approximate surface area is 582 Å². The summed E-state index contributed by atoms with van der Waals surface area (Å²) in [5.74, 6) is -8.96. The molecule has 5 rings (SSSR count). The predicted molar refractivity (Wildman–Crippen MR) is 364 cm³/mol. The Morgan fingerprint density at radius 1 is 0.657 bits per heavy atom. The number of carbonyl (C=O) groups is 12. The van der Waals surface area contributed by atoms with Crippen molar-refractivity contribution in [2.45, 2.75) is 218 Å². The van der Waals surface area contributed by atoms with Crippen LogP contribution in [0.4, 0.5) is 17.6 Å². The van der Waals surface area contributed by atoms with Gasteiger partial charge in [-0.2, -0.15) is 13.2 Å². The summed E-state index contributed by atoms with van der Waals surface area (Å²) in [6, 6.07) is -4.82. The number of aldehydes is 1. The van der Waals surface area contributed by atoms with Gasteiger partial charge in [-0.05, 0) is 125 Å². The molecule has 8 atom stereocenters. The molecule has 11 amide bonds. The maximum absolute atomic E-state index is 15.0. The standard InChI is InChI=1S/C71H112F4N12O12/c1-14-48(6)63-69(99)81(9)42-61(92)80(8)43-62(93)85(13)70(45-88,40-50-24-17-15-18-25-50)44-79(7)41-58(89)77-53(31-29-49-28-30-51(52(72)38-49)71(73,74)75)66(96)87-35-23-26-54(87)64(94)76-32-20-19-27-59(90)83(11)56(37-47(4)5)67(97)84(12)57(68(98)86-33-21-16-22-34-86)39-60(91)82(10)55(36-46(2)3)65(95)78-63/h28,30,38,45-48,50,53-57,63H,14-27,29,31-37,39-44H2,1-13H3,(H,76,94)(H,77,89)(H,78,95)/t48-,53-,54-,55-,56-,57-,63-,70-/m0/s1. The third kappa shape index (κ3) is 23.1. The molecule has 0 aromatic heterocycles. The molecule has 1 aromatic carbocycles. The summed E-state index contributed by atoms with van der Waals surface area (Å²) >= 11 is 0. The van der Waals surface area contributed by atoms with Gasteiger partial charge < -0.3 is 59.9 Å². The fourth-order valence-corrected chi connectivity index (χ4v) is 14.0. The lowest BCUT2D eigenvalue weighted by Gasteiger charge is -2.43. The van der Waals surface area contributed by atoms with Crippen molar-refractivity contribution in [3.63, 3.8) is 0 Å². The smallest absolute Gasteiger partial charge is 0.354 e. The lowest BCUT2D eigenvalue weighted by molar-refractivity contribution is -0.153. The Hall–Kier alpha value is -7.26. The van der Waals surface area contributed by atoms with E-state index in [-0.39, 0.29) is 94.3 Å². The normalized spacial score (nSPS) is 26.1. The summed E-state index contributed by atoms with van der Waals surface area (Å²) in [6.45, 7) is 10.3. The van der Waals surface area contributed by atoms with E-state index in [2.05, 4.69) is 16.0 Å². The number of hydrogen-bond donors (Lipinski definition) is 3. The molecule has 3 heterocycles. The first-order valence-electron chi connectivity index (χ1n) is 35.6. The number of aryl methyl sites for hydroxylation is 1. The Balaban J connectivity index is 1.53. The number of hydrogen-bond acceptors (Lipinski definition) is 13. The molecule has 24 nitrogen and oxygen atoms in total. The number of likely N-dealkylation sites (N-methyl/N-ethyl adjacent to an activating group) is 7. The van der Waals surface area contributed by atoms with E-state index < -0.39 is 156 Å². The number of alkyl halides is 3. The Kier molecular flexibility index (Phi) is 31.6. The molecule has 1 saturated carbocycles. The van der Waals surface area contributed by atoms with Crippen LogP contribution in [0.15, 0.2) is 18.2 Å². The van der Waals surface area contributed by atoms with Crippen LogP contribution in [0, 0.1) is 29.5 Å². The molecule has 0 radical (unpaired) electrons. The number of rotatable bonds is 13. The van der Waals surface area contributed by atoms with Crippen molar-refractivity contribution in [3.05, 3.63) is 35.1 Å². The van der Waals surface area contributed by atoms with E-state index in [9.17, 15) is 75.1 Å². The Bertz CT molecular complexity index is 2980. The second-order valence-corrected chi connectivity index (χ2v) is 29.1. The molecule has 28 heteroatoms. The summed E-state index contributed by atoms with van der Waals surface area (Å²) in [6.07, 6.45) is 3.35. The second-order valence-electron chi connectivity index (χ2n) is 29.1. The van der Waals surface area contributed by atoms with Crippen LogP contribution in [-0.4, -0.2) is 259 Å². The molecule has 0 spiro atoms. The molecule has 0 bridgehead atoms. The van der Waals surface area contributed by atoms with Gasteiger partial charge in [0.05, 0.1) is 31.6 Å². The van der Waals surface area contributed by atoms with Gasteiger partial charge in [-0.1, -0.05) is 86.1 Å². The van der Waals surface area contributed by atoms with Gasteiger partial charge in [0.25, 0.3) is 0 Å². The zero-order valence-corrected chi connectivity index (χ0v) is 60.8. The molecular weight excluding hydrogens is 1290 g/mol. The number of amides is 11. The highest BCUT2D eigenvalue weighted by molar-refractivity contribution is 5.98. The highest BCUT2D eigenvalue weighted by Crippen LogP contribution is 2.35. The number of fused-ring (bicyclic) bond motifs is 1. The van der Waals surface area contributed by atoms with Crippen LogP contribution >= 0.6 is 0 Å². The van der Waals surface area contributed by atoms with Gasteiger partial charge in [-0.3, -0.25) is 57.6 Å². The van der Waals surface area contributed by atoms with Crippen molar-refractivity contribution < 1.29 is 75.1 Å². The van der Waals surface area contributed by atoms with Gasteiger partial charge in [0, 0.05) is 81.4 Å². The van der Waals surface area contributed by atoms with Crippen molar-refractivity contribution >= 4 is 71.3 Å².